The fourth-order valence-corrected chi connectivity index (χ4v) is 1.86. The van der Waals surface area contributed by atoms with Crippen molar-refractivity contribution in [3.8, 4) is 11.8 Å². The highest BCUT2D eigenvalue weighted by Gasteiger charge is 2.16. The molecule has 0 aliphatic heterocycles. The van der Waals surface area contributed by atoms with E-state index in [1.165, 1.54) is 0 Å². The van der Waals surface area contributed by atoms with E-state index in [4.69, 9.17) is 21.6 Å². The van der Waals surface area contributed by atoms with Crippen molar-refractivity contribution in [2.45, 2.75) is 27.3 Å². The van der Waals surface area contributed by atoms with Crippen LogP contribution >= 0.6 is 11.6 Å². The monoisotopic (exact) mass is 266 g/mol. The van der Waals surface area contributed by atoms with Gasteiger partial charge in [-0.15, -0.1) is 0 Å². The number of hydrogen-bond acceptors (Lipinski definition) is 3. The lowest BCUT2D eigenvalue weighted by Gasteiger charge is -2.17. The van der Waals surface area contributed by atoms with Crippen LogP contribution in [0.1, 0.15) is 25.0 Å². The van der Waals surface area contributed by atoms with Gasteiger partial charge < -0.3 is 10.1 Å². The van der Waals surface area contributed by atoms with Gasteiger partial charge in [0, 0.05) is 13.1 Å². The van der Waals surface area contributed by atoms with E-state index in [0.717, 1.165) is 11.1 Å². The van der Waals surface area contributed by atoms with Crippen LogP contribution < -0.4 is 10.1 Å². The van der Waals surface area contributed by atoms with Gasteiger partial charge in [-0.2, -0.15) is 5.26 Å². The summed E-state index contributed by atoms with van der Waals surface area (Å²) in [6.45, 7) is 7.18. The average molecular weight is 267 g/mol. The molecular weight excluding hydrogens is 248 g/mol. The van der Waals surface area contributed by atoms with Crippen molar-refractivity contribution in [1.82, 2.24) is 5.32 Å². The van der Waals surface area contributed by atoms with Crippen molar-refractivity contribution in [1.29, 1.82) is 5.26 Å². The van der Waals surface area contributed by atoms with E-state index in [0.29, 0.717) is 23.9 Å². The number of halogens is 1. The molecule has 0 aromatic heterocycles. The minimum atomic E-state index is -0.357. The van der Waals surface area contributed by atoms with Crippen LogP contribution in [0.5, 0.6) is 5.75 Å². The van der Waals surface area contributed by atoms with E-state index in [9.17, 15) is 0 Å². The van der Waals surface area contributed by atoms with Crippen LogP contribution in [0.2, 0.25) is 5.02 Å². The Hall–Kier alpha value is -1.24. The minimum Gasteiger partial charge on any atom is -0.495 e. The second kappa shape index (κ2) is 6.08. The molecule has 1 rings (SSSR count). The summed E-state index contributed by atoms with van der Waals surface area (Å²) in [6.07, 6.45) is 0. The van der Waals surface area contributed by atoms with E-state index in [2.05, 4.69) is 11.4 Å². The molecule has 98 valence electrons. The Morgan fingerprint density at radius 2 is 2.11 bits per heavy atom. The van der Waals surface area contributed by atoms with E-state index >= 15 is 0 Å². The van der Waals surface area contributed by atoms with E-state index in [1.54, 1.807) is 7.11 Å². The fourth-order valence-electron chi connectivity index (χ4n) is 1.59. The van der Waals surface area contributed by atoms with Crippen molar-refractivity contribution in [3.63, 3.8) is 0 Å². The molecule has 0 saturated heterocycles. The van der Waals surface area contributed by atoms with Crippen LogP contribution in [0.25, 0.3) is 0 Å². The minimum absolute atomic E-state index is 0.357. The topological polar surface area (TPSA) is 45.0 Å². The van der Waals surface area contributed by atoms with Gasteiger partial charge in [-0.3, -0.25) is 0 Å². The summed E-state index contributed by atoms with van der Waals surface area (Å²) in [6, 6.07) is 6.09. The quantitative estimate of drug-likeness (QED) is 0.889. The largest absolute Gasteiger partial charge is 0.495 e. The van der Waals surface area contributed by atoms with Crippen LogP contribution in [-0.2, 0) is 6.54 Å². The van der Waals surface area contributed by atoms with Gasteiger partial charge in [-0.05, 0) is 44.0 Å². The van der Waals surface area contributed by atoms with Crippen LogP contribution in [0.4, 0.5) is 0 Å². The molecule has 18 heavy (non-hydrogen) atoms. The lowest BCUT2D eigenvalue weighted by Crippen LogP contribution is -2.27. The Balaban J connectivity index is 2.69. The van der Waals surface area contributed by atoms with Gasteiger partial charge in [0.2, 0.25) is 0 Å². The molecule has 0 amide bonds. The molecule has 0 aliphatic carbocycles. The maximum absolute atomic E-state index is 8.93. The number of hydrogen-bond donors (Lipinski definition) is 1. The summed E-state index contributed by atoms with van der Waals surface area (Å²) >= 11 is 6.09. The molecule has 0 atom stereocenters. The molecule has 0 heterocycles. The van der Waals surface area contributed by atoms with Gasteiger partial charge in [-0.1, -0.05) is 11.6 Å². The molecule has 3 nitrogen and oxygen atoms in total. The summed E-state index contributed by atoms with van der Waals surface area (Å²) < 4.78 is 5.16. The summed E-state index contributed by atoms with van der Waals surface area (Å²) in [5.41, 5.74) is 1.89. The lowest BCUT2D eigenvalue weighted by molar-refractivity contribution is 0.414. The van der Waals surface area contributed by atoms with Crippen molar-refractivity contribution < 1.29 is 4.74 Å². The first-order valence-electron chi connectivity index (χ1n) is 5.84. The van der Waals surface area contributed by atoms with Gasteiger partial charge in [0.15, 0.2) is 0 Å². The Morgan fingerprint density at radius 1 is 1.44 bits per heavy atom. The average Bonchev–Trinajstić information content (AvgIpc) is 2.33. The summed E-state index contributed by atoms with van der Waals surface area (Å²) in [7, 11) is 1.61. The third kappa shape index (κ3) is 3.90. The second-order valence-corrected chi connectivity index (χ2v) is 5.42. The molecule has 0 unspecified atom stereocenters. The van der Waals surface area contributed by atoms with Gasteiger partial charge in [0.05, 0.1) is 23.6 Å². The van der Waals surface area contributed by atoms with Crippen LogP contribution in [0, 0.1) is 23.7 Å². The van der Waals surface area contributed by atoms with E-state index in [1.807, 2.05) is 32.9 Å². The fraction of sp³-hybridized carbons (Fsp3) is 0.500. The number of methoxy groups -OCH3 is 1. The number of ether oxygens (including phenoxy) is 1. The highest BCUT2D eigenvalue weighted by atomic mass is 35.5. The zero-order valence-corrected chi connectivity index (χ0v) is 12.1. The molecule has 0 saturated carbocycles. The van der Waals surface area contributed by atoms with E-state index < -0.39 is 0 Å². The molecule has 0 spiro atoms. The Morgan fingerprint density at radius 3 is 2.67 bits per heavy atom. The Labute approximate surface area is 114 Å². The van der Waals surface area contributed by atoms with Gasteiger partial charge in [0.25, 0.3) is 0 Å². The van der Waals surface area contributed by atoms with Gasteiger partial charge in [-0.25, -0.2) is 0 Å². The predicted octanol–water partition coefficient (Wildman–Crippen LogP) is 3.30. The second-order valence-electron chi connectivity index (χ2n) is 5.01. The lowest BCUT2D eigenvalue weighted by atomic mass is 9.96. The molecule has 0 bridgehead atoms. The zero-order valence-electron chi connectivity index (χ0n) is 11.3. The summed E-state index contributed by atoms with van der Waals surface area (Å²) in [5.74, 6) is 0.690. The van der Waals surface area contributed by atoms with E-state index in [-0.39, 0.29) is 5.41 Å². The molecule has 0 fully saturated rings. The summed E-state index contributed by atoms with van der Waals surface area (Å²) in [4.78, 5) is 0. The summed E-state index contributed by atoms with van der Waals surface area (Å²) in [5, 5.41) is 12.8. The third-order valence-corrected chi connectivity index (χ3v) is 3.09. The standard InChI is InChI=1S/C14H19ClN2O/c1-10-5-13(18-4)12(15)6-11(10)7-17-9-14(2,3)8-16/h5-6,17H,7,9H2,1-4H3. The number of nitriles is 1. The van der Waals surface area contributed by atoms with Crippen LogP contribution in [-0.4, -0.2) is 13.7 Å². The first-order chi connectivity index (χ1) is 8.39. The smallest absolute Gasteiger partial charge is 0.137 e. The molecule has 1 aromatic carbocycles. The Bertz CT molecular complexity index is 464. The highest BCUT2D eigenvalue weighted by Crippen LogP contribution is 2.27. The molecule has 0 aliphatic rings. The maximum atomic E-state index is 8.93. The molecule has 0 radical (unpaired) electrons. The maximum Gasteiger partial charge on any atom is 0.137 e. The zero-order chi connectivity index (χ0) is 13.8. The number of nitrogens with one attached hydrogen (secondary N) is 1. The first-order valence-corrected chi connectivity index (χ1v) is 6.22. The Kier molecular flexibility index (Phi) is 5.01. The highest BCUT2D eigenvalue weighted by molar-refractivity contribution is 6.32. The number of nitrogens with zero attached hydrogens (tertiary/aromatic N) is 1. The van der Waals surface area contributed by atoms with Crippen LogP contribution in [0.15, 0.2) is 12.1 Å². The molecule has 1 aromatic rings. The number of rotatable bonds is 5. The van der Waals surface area contributed by atoms with Gasteiger partial charge >= 0.3 is 0 Å². The number of benzene rings is 1. The van der Waals surface area contributed by atoms with Gasteiger partial charge in [0.1, 0.15) is 5.75 Å². The predicted molar refractivity (Wildman–Crippen MR) is 73.8 cm³/mol. The van der Waals surface area contributed by atoms with Crippen molar-refractivity contribution in [3.05, 3.63) is 28.3 Å². The number of aryl methyl sites for hydroxylation is 1. The third-order valence-electron chi connectivity index (χ3n) is 2.80. The van der Waals surface area contributed by atoms with Crippen LogP contribution in [0.3, 0.4) is 0 Å². The van der Waals surface area contributed by atoms with Crippen molar-refractivity contribution in [2.75, 3.05) is 13.7 Å². The molecule has 1 N–H and O–H groups in total. The van der Waals surface area contributed by atoms with Crippen molar-refractivity contribution in [2.24, 2.45) is 5.41 Å². The molecular formula is C14H19ClN2O. The SMILES string of the molecule is COc1cc(C)c(CNCC(C)(C)C#N)cc1Cl. The van der Waals surface area contributed by atoms with Crippen molar-refractivity contribution >= 4 is 11.6 Å². The normalized spacial score (nSPS) is 11.1. The first kappa shape index (κ1) is 14.8. The molecule has 4 heteroatoms.